The van der Waals surface area contributed by atoms with E-state index in [1.165, 1.54) is 116 Å². The first-order valence-electron chi connectivity index (χ1n) is 21.3. The van der Waals surface area contributed by atoms with Crippen LogP contribution in [0.1, 0.15) is 83.4 Å². The van der Waals surface area contributed by atoms with Crippen molar-refractivity contribution in [3.05, 3.63) is 195 Å². The molecule has 2 nitrogen and oxygen atoms in total. The Hall–Kier alpha value is -6.10. The summed E-state index contributed by atoms with van der Waals surface area (Å²) in [6, 6.07) is 58.5. The molecule has 284 valence electrons. The van der Waals surface area contributed by atoms with Crippen LogP contribution >= 0.6 is 11.3 Å². The Morgan fingerprint density at radius 3 is 1.69 bits per heavy atom. The summed E-state index contributed by atoms with van der Waals surface area (Å²) in [5.41, 5.74) is 24.8. The maximum absolute atomic E-state index is 2.65. The van der Waals surface area contributed by atoms with Gasteiger partial charge in [-0.1, -0.05) is 142 Å². The van der Waals surface area contributed by atoms with E-state index in [0.29, 0.717) is 11.8 Å². The molecule has 0 unspecified atom stereocenters. The summed E-state index contributed by atoms with van der Waals surface area (Å²) in [5.74, 6) is 0.923. The standard InChI is InChI=1S/C55H45BN2S/c1-32(2)36-20-24-38(25-21-36)57-47-18-12-11-17-46(47)56-51-48(57)30-35(6)31-49(51)58(39-26-22-37(23-27-39)33(3)4)52-50-42-28-19-34(5)29-45(42)55(53(50)59-54(52)56)43-15-9-7-13-40(43)41-14-8-10-16-44(41)55/h7-33H,1-6H3. The fourth-order valence-corrected chi connectivity index (χ4v) is 12.7. The van der Waals surface area contributed by atoms with Crippen molar-refractivity contribution in [1.82, 2.24) is 0 Å². The van der Waals surface area contributed by atoms with Gasteiger partial charge in [0, 0.05) is 43.7 Å². The quantitative estimate of drug-likeness (QED) is 0.164. The highest BCUT2D eigenvalue weighted by atomic mass is 32.1. The van der Waals surface area contributed by atoms with Crippen LogP contribution < -0.4 is 25.5 Å². The molecule has 4 heteroatoms. The molecular weight excluding hydrogens is 731 g/mol. The van der Waals surface area contributed by atoms with Gasteiger partial charge in [-0.05, 0) is 129 Å². The number of fused-ring (bicyclic) bond motifs is 15. The molecule has 0 amide bonds. The average molecular weight is 777 g/mol. The maximum atomic E-state index is 2.65. The maximum Gasteiger partial charge on any atom is 0.264 e. The average Bonchev–Trinajstić information content (AvgIpc) is 3.87. The molecule has 0 atom stereocenters. The van der Waals surface area contributed by atoms with E-state index in [2.05, 4.69) is 214 Å². The van der Waals surface area contributed by atoms with Gasteiger partial charge >= 0.3 is 0 Å². The zero-order chi connectivity index (χ0) is 39.9. The summed E-state index contributed by atoms with van der Waals surface area (Å²) in [6.45, 7) is 13.7. The molecule has 12 rings (SSSR count). The lowest BCUT2D eigenvalue weighted by atomic mass is 9.36. The molecule has 2 aliphatic heterocycles. The Bertz CT molecular complexity index is 3000. The van der Waals surface area contributed by atoms with Crippen molar-refractivity contribution < 1.29 is 0 Å². The second-order valence-electron chi connectivity index (χ2n) is 17.8. The predicted octanol–water partition coefficient (Wildman–Crippen LogP) is 13.0. The Balaban J connectivity index is 1.21. The monoisotopic (exact) mass is 776 g/mol. The first-order valence-corrected chi connectivity index (χ1v) is 22.1. The molecule has 8 aromatic rings. The van der Waals surface area contributed by atoms with E-state index in [0.717, 1.165) is 0 Å². The van der Waals surface area contributed by atoms with Crippen molar-refractivity contribution >= 4 is 67.9 Å². The Morgan fingerprint density at radius 1 is 0.508 bits per heavy atom. The summed E-state index contributed by atoms with van der Waals surface area (Å²) < 4.78 is 1.43. The summed E-state index contributed by atoms with van der Waals surface area (Å²) in [5, 5.41) is 0. The van der Waals surface area contributed by atoms with E-state index in [4.69, 9.17) is 0 Å². The second kappa shape index (κ2) is 12.5. The zero-order valence-corrected chi connectivity index (χ0v) is 35.3. The largest absolute Gasteiger partial charge is 0.311 e. The van der Waals surface area contributed by atoms with E-state index in [1.54, 1.807) is 0 Å². The minimum atomic E-state index is -0.414. The fraction of sp³-hybridized carbons (Fsp3) is 0.164. The van der Waals surface area contributed by atoms with Crippen molar-refractivity contribution in [2.24, 2.45) is 0 Å². The van der Waals surface area contributed by atoms with Gasteiger partial charge in [-0.3, -0.25) is 0 Å². The molecule has 0 N–H and O–H groups in total. The molecule has 4 aliphatic rings. The molecule has 0 radical (unpaired) electrons. The highest BCUT2D eigenvalue weighted by Gasteiger charge is 2.56. The molecule has 7 aromatic carbocycles. The van der Waals surface area contributed by atoms with E-state index < -0.39 is 5.41 Å². The minimum absolute atomic E-state index is 0.0672. The van der Waals surface area contributed by atoms with Crippen molar-refractivity contribution in [3.8, 4) is 22.3 Å². The molecule has 0 saturated heterocycles. The minimum Gasteiger partial charge on any atom is -0.311 e. The van der Waals surface area contributed by atoms with E-state index >= 15 is 0 Å². The molecular formula is C55H45BN2S. The van der Waals surface area contributed by atoms with Crippen molar-refractivity contribution in [2.45, 2.75) is 58.8 Å². The summed E-state index contributed by atoms with van der Waals surface area (Å²) in [4.78, 5) is 6.64. The number of hydrogen-bond donors (Lipinski definition) is 0. The third-order valence-corrected chi connectivity index (χ3v) is 15.1. The van der Waals surface area contributed by atoms with Crippen LogP contribution in [-0.4, -0.2) is 6.71 Å². The molecule has 3 heterocycles. The molecule has 59 heavy (non-hydrogen) atoms. The lowest BCUT2D eigenvalue weighted by molar-refractivity contribution is 0.810. The predicted molar refractivity (Wildman–Crippen MR) is 252 cm³/mol. The first-order chi connectivity index (χ1) is 28.8. The number of rotatable bonds is 4. The van der Waals surface area contributed by atoms with Crippen molar-refractivity contribution in [3.63, 3.8) is 0 Å². The summed E-state index contributed by atoms with van der Waals surface area (Å²) in [7, 11) is 0. The van der Waals surface area contributed by atoms with Crippen LogP contribution in [0.15, 0.2) is 152 Å². The summed E-state index contributed by atoms with van der Waals surface area (Å²) in [6.07, 6.45) is 0. The number of anilines is 6. The van der Waals surface area contributed by atoms with Gasteiger partial charge < -0.3 is 9.80 Å². The highest BCUT2D eigenvalue weighted by molar-refractivity contribution is 7.30. The molecule has 1 aromatic heterocycles. The number of hydrogen-bond acceptors (Lipinski definition) is 3. The molecule has 0 bridgehead atoms. The Morgan fingerprint density at radius 2 is 1.07 bits per heavy atom. The third-order valence-electron chi connectivity index (χ3n) is 13.7. The summed E-state index contributed by atoms with van der Waals surface area (Å²) >= 11 is 2.07. The van der Waals surface area contributed by atoms with Crippen LogP contribution in [0, 0.1) is 13.8 Å². The van der Waals surface area contributed by atoms with E-state index in [1.807, 2.05) is 0 Å². The number of thiophene rings is 1. The van der Waals surface area contributed by atoms with Crippen LogP contribution in [0.3, 0.4) is 0 Å². The van der Waals surface area contributed by atoms with Crippen LogP contribution in [0.2, 0.25) is 0 Å². The van der Waals surface area contributed by atoms with Gasteiger partial charge in [0.05, 0.1) is 11.1 Å². The second-order valence-corrected chi connectivity index (χ2v) is 18.8. The van der Waals surface area contributed by atoms with Crippen LogP contribution in [0.4, 0.5) is 34.1 Å². The van der Waals surface area contributed by atoms with Gasteiger partial charge in [0.15, 0.2) is 0 Å². The number of aryl methyl sites for hydroxylation is 2. The smallest absolute Gasteiger partial charge is 0.264 e. The van der Waals surface area contributed by atoms with Gasteiger partial charge in [0.1, 0.15) is 0 Å². The fourth-order valence-electron chi connectivity index (χ4n) is 11.1. The van der Waals surface area contributed by atoms with Gasteiger partial charge in [-0.15, -0.1) is 11.3 Å². The topological polar surface area (TPSA) is 6.48 Å². The molecule has 1 spiro atoms. The van der Waals surface area contributed by atoms with E-state index in [-0.39, 0.29) is 6.71 Å². The highest BCUT2D eigenvalue weighted by Crippen LogP contribution is 2.67. The molecule has 0 saturated carbocycles. The number of nitrogens with zero attached hydrogens (tertiary/aromatic N) is 2. The number of para-hydroxylation sites is 1. The number of benzene rings is 7. The van der Waals surface area contributed by atoms with Crippen LogP contribution in [0.5, 0.6) is 0 Å². The SMILES string of the molecule is Cc1cc2c3c(c1)N(c1ccc(C(C)C)cc1)c1c(sc4c1-c1ccc(C)cc1C41c4ccccc4-c4ccccc41)B3c1ccccc1N2c1ccc(C(C)C)cc1. The zero-order valence-electron chi connectivity index (χ0n) is 34.5. The van der Waals surface area contributed by atoms with Gasteiger partial charge in [-0.2, -0.15) is 0 Å². The van der Waals surface area contributed by atoms with Gasteiger partial charge in [-0.25, -0.2) is 0 Å². The van der Waals surface area contributed by atoms with Gasteiger partial charge in [0.2, 0.25) is 0 Å². The normalized spacial score (nSPS) is 14.6. The third kappa shape index (κ3) is 4.59. The van der Waals surface area contributed by atoms with Crippen molar-refractivity contribution in [2.75, 3.05) is 9.80 Å². The van der Waals surface area contributed by atoms with Crippen molar-refractivity contribution in [1.29, 1.82) is 0 Å². The molecule has 0 fully saturated rings. The Labute approximate surface area is 352 Å². The van der Waals surface area contributed by atoms with E-state index in [9.17, 15) is 0 Å². The first kappa shape index (κ1) is 34.9. The lowest BCUT2D eigenvalue weighted by Crippen LogP contribution is -2.60. The Kier molecular flexibility index (Phi) is 7.37. The molecule has 2 aliphatic carbocycles. The van der Waals surface area contributed by atoms with Crippen LogP contribution in [-0.2, 0) is 5.41 Å². The van der Waals surface area contributed by atoms with Crippen LogP contribution in [0.25, 0.3) is 22.3 Å². The van der Waals surface area contributed by atoms with Gasteiger partial charge in [0.25, 0.3) is 6.71 Å². The lowest BCUT2D eigenvalue weighted by Gasteiger charge is -2.43.